The number of aryl methyl sites for hydroxylation is 1. The van der Waals surface area contributed by atoms with Crippen LogP contribution in [0.3, 0.4) is 0 Å². The van der Waals surface area contributed by atoms with Gasteiger partial charge in [0, 0.05) is 30.9 Å². The number of benzene rings is 1. The van der Waals surface area contributed by atoms with E-state index in [1.165, 1.54) is 6.20 Å². The molecule has 0 saturated carbocycles. The van der Waals surface area contributed by atoms with Crippen LogP contribution in [0.25, 0.3) is 0 Å². The van der Waals surface area contributed by atoms with E-state index >= 15 is 0 Å². The summed E-state index contributed by atoms with van der Waals surface area (Å²) in [5.74, 6) is 1.52. The Hall–Kier alpha value is -2.93. The van der Waals surface area contributed by atoms with Crippen LogP contribution < -0.4 is 10.1 Å². The predicted molar refractivity (Wildman–Crippen MR) is 107 cm³/mol. The number of imidazole rings is 1. The van der Waals surface area contributed by atoms with Crippen LogP contribution in [0, 0.1) is 0 Å². The summed E-state index contributed by atoms with van der Waals surface area (Å²) >= 11 is 6.21. The van der Waals surface area contributed by atoms with Crippen molar-refractivity contribution in [1.82, 2.24) is 24.8 Å². The fourth-order valence-corrected chi connectivity index (χ4v) is 3.04. The topological polar surface area (TPSA) is 81.9 Å². The number of halogens is 1. The van der Waals surface area contributed by atoms with Gasteiger partial charge in [0.15, 0.2) is 0 Å². The quantitative estimate of drug-likeness (QED) is 0.685. The highest BCUT2D eigenvalue weighted by Crippen LogP contribution is 2.29. The number of nitrogens with zero attached hydrogens (tertiary/aromatic N) is 4. The number of carbonyl (C=O) groups excluding carboxylic acids is 1. The molecule has 8 heteroatoms. The first-order valence-corrected chi connectivity index (χ1v) is 9.23. The van der Waals surface area contributed by atoms with Crippen molar-refractivity contribution in [2.75, 3.05) is 7.11 Å². The molecule has 0 saturated heterocycles. The van der Waals surface area contributed by atoms with Crippen molar-refractivity contribution < 1.29 is 9.53 Å². The maximum atomic E-state index is 13.1. The lowest BCUT2D eigenvalue weighted by molar-refractivity contribution is 0.0935. The zero-order chi connectivity index (χ0) is 20.3. The van der Waals surface area contributed by atoms with Gasteiger partial charge in [0.2, 0.25) is 0 Å². The number of rotatable bonds is 6. The minimum atomic E-state index is -0.544. The highest BCUT2D eigenvalue weighted by atomic mass is 35.5. The highest BCUT2D eigenvalue weighted by Gasteiger charge is 2.26. The van der Waals surface area contributed by atoms with Crippen molar-refractivity contribution in [3.63, 3.8) is 0 Å². The summed E-state index contributed by atoms with van der Waals surface area (Å²) in [6.45, 7) is 3.91. The van der Waals surface area contributed by atoms with Crippen LogP contribution in [0.15, 0.2) is 42.9 Å². The molecular weight excluding hydrogens is 378 g/mol. The Morgan fingerprint density at radius 3 is 2.64 bits per heavy atom. The third kappa shape index (κ3) is 3.99. The average Bonchev–Trinajstić information content (AvgIpc) is 3.11. The molecule has 0 spiro atoms. The van der Waals surface area contributed by atoms with Gasteiger partial charge in [0.05, 0.1) is 18.3 Å². The molecule has 7 nitrogen and oxygen atoms in total. The number of carbonyl (C=O) groups is 1. The molecule has 0 radical (unpaired) electrons. The Balaban J connectivity index is 2.02. The van der Waals surface area contributed by atoms with Gasteiger partial charge < -0.3 is 14.6 Å². The Morgan fingerprint density at radius 2 is 2.00 bits per heavy atom. The predicted octanol–water partition coefficient (Wildman–Crippen LogP) is 3.51. The molecule has 1 aromatic carbocycles. The van der Waals surface area contributed by atoms with E-state index in [1.807, 2.05) is 55.9 Å². The molecule has 0 aliphatic heterocycles. The van der Waals surface area contributed by atoms with Crippen LogP contribution in [0.5, 0.6) is 5.75 Å². The molecule has 1 unspecified atom stereocenters. The molecule has 0 fully saturated rings. The van der Waals surface area contributed by atoms with Gasteiger partial charge in [-0.3, -0.25) is 4.79 Å². The summed E-state index contributed by atoms with van der Waals surface area (Å²) in [6, 6.07) is 6.94. The molecule has 0 aliphatic carbocycles. The molecule has 1 atom stereocenters. The molecule has 0 aliphatic rings. The second-order valence-corrected chi connectivity index (χ2v) is 7.03. The van der Waals surface area contributed by atoms with Crippen LogP contribution >= 0.6 is 11.6 Å². The second-order valence-electron chi connectivity index (χ2n) is 6.62. The van der Waals surface area contributed by atoms with Crippen molar-refractivity contribution in [3.8, 4) is 5.75 Å². The number of hydrogen-bond acceptors (Lipinski definition) is 5. The van der Waals surface area contributed by atoms with E-state index in [-0.39, 0.29) is 16.6 Å². The molecule has 28 heavy (non-hydrogen) atoms. The minimum Gasteiger partial charge on any atom is -0.496 e. The zero-order valence-corrected chi connectivity index (χ0v) is 16.9. The van der Waals surface area contributed by atoms with Gasteiger partial charge in [-0.05, 0) is 6.07 Å². The first-order chi connectivity index (χ1) is 13.4. The lowest BCUT2D eigenvalue weighted by Crippen LogP contribution is -2.32. The Bertz CT molecular complexity index is 986. The summed E-state index contributed by atoms with van der Waals surface area (Å²) in [4.78, 5) is 26.0. The number of methoxy groups -OCH3 is 1. The second kappa shape index (κ2) is 8.39. The number of ether oxygens (including phenoxy) is 1. The maximum absolute atomic E-state index is 13.1. The van der Waals surface area contributed by atoms with E-state index in [9.17, 15) is 4.79 Å². The number of para-hydroxylation sites is 1. The van der Waals surface area contributed by atoms with Crippen molar-refractivity contribution >= 4 is 17.5 Å². The molecule has 1 N–H and O–H groups in total. The van der Waals surface area contributed by atoms with Gasteiger partial charge in [-0.2, -0.15) is 0 Å². The van der Waals surface area contributed by atoms with Crippen molar-refractivity contribution in [2.24, 2.45) is 7.05 Å². The molecule has 1 amide bonds. The van der Waals surface area contributed by atoms with E-state index in [0.29, 0.717) is 17.4 Å². The highest BCUT2D eigenvalue weighted by molar-refractivity contribution is 6.33. The summed E-state index contributed by atoms with van der Waals surface area (Å²) in [7, 11) is 3.46. The Kier molecular flexibility index (Phi) is 5.94. The number of nitrogens with one attached hydrogen (secondary N) is 1. The van der Waals surface area contributed by atoms with Gasteiger partial charge in [-0.1, -0.05) is 43.6 Å². The Labute approximate surface area is 168 Å². The van der Waals surface area contributed by atoms with Crippen LogP contribution in [0.1, 0.15) is 53.5 Å². The number of hydrogen-bond donors (Lipinski definition) is 1. The molecule has 3 rings (SSSR count). The van der Waals surface area contributed by atoms with E-state index < -0.39 is 11.9 Å². The van der Waals surface area contributed by atoms with Crippen molar-refractivity contribution in [1.29, 1.82) is 0 Å². The van der Waals surface area contributed by atoms with Crippen molar-refractivity contribution in [3.05, 3.63) is 70.8 Å². The number of amides is 1. The number of aromatic nitrogens is 4. The van der Waals surface area contributed by atoms with Crippen molar-refractivity contribution in [2.45, 2.75) is 25.8 Å². The monoisotopic (exact) mass is 399 g/mol. The molecule has 0 bridgehead atoms. The van der Waals surface area contributed by atoms with Gasteiger partial charge in [0.25, 0.3) is 5.91 Å². The van der Waals surface area contributed by atoms with E-state index in [4.69, 9.17) is 16.3 Å². The summed E-state index contributed by atoms with van der Waals surface area (Å²) < 4.78 is 7.33. The fraction of sp³-hybridized carbons (Fsp3) is 0.300. The lowest BCUT2D eigenvalue weighted by Gasteiger charge is -2.21. The fourth-order valence-electron chi connectivity index (χ4n) is 2.86. The zero-order valence-electron chi connectivity index (χ0n) is 16.2. The van der Waals surface area contributed by atoms with Gasteiger partial charge >= 0.3 is 0 Å². The maximum Gasteiger partial charge on any atom is 0.272 e. The molecular formula is C20H22ClN5O2. The average molecular weight is 400 g/mol. The third-order valence-corrected chi connectivity index (χ3v) is 4.61. The largest absolute Gasteiger partial charge is 0.496 e. The molecule has 2 heterocycles. The Morgan fingerprint density at radius 1 is 1.25 bits per heavy atom. The minimum absolute atomic E-state index is 0.0726. The standard InChI is InChI=1S/C20H22ClN5O2/c1-12(2)18-23-11-14(21)17(24-18)20(27)25-16(19-22-9-10-26(19)3)13-7-5-6-8-15(13)28-4/h5-12,16H,1-4H3,(H,25,27). The van der Waals surface area contributed by atoms with Crippen LogP contribution in [-0.2, 0) is 7.05 Å². The van der Waals surface area contributed by atoms with E-state index in [2.05, 4.69) is 20.3 Å². The summed E-state index contributed by atoms with van der Waals surface area (Å²) in [6.07, 6.45) is 4.95. The summed E-state index contributed by atoms with van der Waals surface area (Å²) in [5.41, 5.74) is 0.913. The molecule has 3 aromatic rings. The first-order valence-electron chi connectivity index (χ1n) is 8.85. The smallest absolute Gasteiger partial charge is 0.272 e. The van der Waals surface area contributed by atoms with Crippen LogP contribution in [0.2, 0.25) is 5.02 Å². The molecule has 2 aromatic heterocycles. The van der Waals surface area contributed by atoms with Crippen LogP contribution in [-0.4, -0.2) is 32.5 Å². The summed E-state index contributed by atoms with van der Waals surface area (Å²) in [5, 5.41) is 3.19. The SMILES string of the molecule is COc1ccccc1C(NC(=O)c1nc(C(C)C)ncc1Cl)c1nccn1C. The van der Waals surface area contributed by atoms with E-state index in [0.717, 1.165) is 5.56 Å². The third-order valence-electron chi connectivity index (χ3n) is 4.34. The van der Waals surface area contributed by atoms with Crippen LogP contribution in [0.4, 0.5) is 0 Å². The lowest BCUT2D eigenvalue weighted by atomic mass is 10.0. The normalized spacial score (nSPS) is 12.1. The van der Waals surface area contributed by atoms with Gasteiger partial charge in [-0.25, -0.2) is 15.0 Å². The van der Waals surface area contributed by atoms with E-state index in [1.54, 1.807) is 13.3 Å². The van der Waals surface area contributed by atoms with Gasteiger partial charge in [0.1, 0.15) is 29.1 Å². The molecule has 146 valence electrons. The van der Waals surface area contributed by atoms with Gasteiger partial charge in [-0.15, -0.1) is 0 Å². The first kappa shape index (κ1) is 19.8.